The fraction of sp³-hybridized carbons (Fsp3) is 0. The zero-order valence-corrected chi connectivity index (χ0v) is 14.5. The molecule has 1 heterocycles. The monoisotopic (exact) mass is 434 g/mol. The predicted molar refractivity (Wildman–Crippen MR) is 97.8 cm³/mol. The maximum Gasteiger partial charge on any atom is 0.255 e. The van der Waals surface area contributed by atoms with Crippen LogP contribution in [-0.2, 0) is 0 Å². The van der Waals surface area contributed by atoms with Gasteiger partial charge >= 0.3 is 0 Å². The van der Waals surface area contributed by atoms with E-state index in [9.17, 15) is 9.18 Å². The van der Waals surface area contributed by atoms with Gasteiger partial charge in [-0.1, -0.05) is 6.07 Å². The van der Waals surface area contributed by atoms with Gasteiger partial charge in [0.05, 0.1) is 0 Å². The number of hydrogen-bond donors (Lipinski definition) is 1. The van der Waals surface area contributed by atoms with E-state index in [1.807, 2.05) is 22.6 Å². The van der Waals surface area contributed by atoms with E-state index in [1.165, 1.54) is 6.07 Å². The number of pyridine rings is 1. The highest BCUT2D eigenvalue weighted by Gasteiger charge is 2.09. The first-order chi connectivity index (χ1) is 11.6. The molecule has 0 saturated heterocycles. The third-order valence-electron chi connectivity index (χ3n) is 3.16. The van der Waals surface area contributed by atoms with Crippen molar-refractivity contribution < 1.29 is 13.9 Å². The molecule has 120 valence electrons. The molecule has 0 spiro atoms. The molecule has 0 aliphatic carbocycles. The van der Waals surface area contributed by atoms with Gasteiger partial charge in [-0.2, -0.15) is 0 Å². The van der Waals surface area contributed by atoms with Crippen LogP contribution in [0.2, 0.25) is 0 Å². The summed E-state index contributed by atoms with van der Waals surface area (Å²) in [4.78, 5) is 16.1. The molecule has 0 bridgehead atoms. The van der Waals surface area contributed by atoms with Gasteiger partial charge in [-0.15, -0.1) is 0 Å². The number of nitrogens with zero attached hydrogens (tertiary/aromatic N) is 1. The Bertz CT molecular complexity index is 872. The second-order valence-electron chi connectivity index (χ2n) is 4.90. The number of ether oxygens (including phenoxy) is 1. The van der Waals surface area contributed by atoms with Gasteiger partial charge in [0, 0.05) is 33.3 Å². The predicted octanol–water partition coefficient (Wildman–Crippen LogP) is 4.87. The summed E-state index contributed by atoms with van der Waals surface area (Å²) < 4.78 is 19.7. The minimum absolute atomic E-state index is 0.258. The van der Waals surface area contributed by atoms with Crippen molar-refractivity contribution in [3.8, 4) is 11.5 Å². The van der Waals surface area contributed by atoms with Gasteiger partial charge in [0.25, 0.3) is 5.91 Å². The lowest BCUT2D eigenvalue weighted by molar-refractivity contribution is 0.102. The van der Waals surface area contributed by atoms with Crippen LogP contribution in [0, 0.1) is 9.39 Å². The molecule has 24 heavy (non-hydrogen) atoms. The first-order valence-electron chi connectivity index (χ1n) is 7.06. The molecule has 1 N–H and O–H groups in total. The molecule has 3 aromatic rings. The van der Waals surface area contributed by atoms with Crippen molar-refractivity contribution in [3.05, 3.63) is 81.9 Å². The summed E-state index contributed by atoms with van der Waals surface area (Å²) in [5.41, 5.74) is 0.818. The van der Waals surface area contributed by atoms with Crippen LogP contribution < -0.4 is 10.1 Å². The summed E-state index contributed by atoms with van der Waals surface area (Å²) in [7, 11) is 0. The molecule has 1 aromatic heterocycles. The van der Waals surface area contributed by atoms with E-state index in [-0.39, 0.29) is 11.5 Å². The van der Waals surface area contributed by atoms with E-state index in [0.29, 0.717) is 20.8 Å². The first-order valence-corrected chi connectivity index (χ1v) is 8.14. The van der Waals surface area contributed by atoms with Gasteiger partial charge in [-0.3, -0.25) is 9.78 Å². The molecule has 0 unspecified atom stereocenters. The van der Waals surface area contributed by atoms with E-state index in [2.05, 4.69) is 10.3 Å². The smallest absolute Gasteiger partial charge is 0.255 e. The molecule has 2 aromatic carbocycles. The van der Waals surface area contributed by atoms with Crippen LogP contribution >= 0.6 is 22.6 Å². The van der Waals surface area contributed by atoms with Crippen LogP contribution in [0.4, 0.5) is 10.1 Å². The fourth-order valence-electron chi connectivity index (χ4n) is 2.02. The molecule has 0 radical (unpaired) electrons. The number of halogens is 2. The molecule has 0 atom stereocenters. The number of aromatic nitrogens is 1. The molecular weight excluding hydrogens is 422 g/mol. The maximum atomic E-state index is 13.6. The lowest BCUT2D eigenvalue weighted by atomic mass is 10.2. The van der Waals surface area contributed by atoms with Crippen molar-refractivity contribution in [2.75, 3.05) is 5.32 Å². The molecule has 0 aliphatic heterocycles. The van der Waals surface area contributed by atoms with Crippen LogP contribution in [-0.4, -0.2) is 10.9 Å². The molecule has 0 aliphatic rings. The Hall–Kier alpha value is -2.48. The van der Waals surface area contributed by atoms with Crippen LogP contribution in [0.25, 0.3) is 0 Å². The maximum absolute atomic E-state index is 13.6. The molecule has 3 rings (SSSR count). The Kier molecular flexibility index (Phi) is 5.05. The van der Waals surface area contributed by atoms with E-state index in [4.69, 9.17) is 4.74 Å². The molecule has 0 saturated carbocycles. The number of amides is 1. The minimum atomic E-state index is -0.418. The zero-order chi connectivity index (χ0) is 16.9. The van der Waals surface area contributed by atoms with Crippen molar-refractivity contribution in [1.82, 2.24) is 4.98 Å². The minimum Gasteiger partial charge on any atom is -0.457 e. The molecule has 1 amide bonds. The topological polar surface area (TPSA) is 51.2 Å². The van der Waals surface area contributed by atoms with Crippen molar-refractivity contribution in [1.29, 1.82) is 0 Å². The Balaban J connectivity index is 1.74. The van der Waals surface area contributed by atoms with Gasteiger partial charge < -0.3 is 10.1 Å². The van der Waals surface area contributed by atoms with E-state index in [0.717, 1.165) is 0 Å². The number of anilines is 1. The Morgan fingerprint density at radius 2 is 1.83 bits per heavy atom. The van der Waals surface area contributed by atoms with Gasteiger partial charge in [0.15, 0.2) is 0 Å². The largest absolute Gasteiger partial charge is 0.457 e. The number of rotatable bonds is 4. The van der Waals surface area contributed by atoms with Crippen molar-refractivity contribution in [3.63, 3.8) is 0 Å². The quantitative estimate of drug-likeness (QED) is 0.597. The Morgan fingerprint density at radius 3 is 2.58 bits per heavy atom. The van der Waals surface area contributed by atoms with Crippen LogP contribution in [0.3, 0.4) is 0 Å². The lowest BCUT2D eigenvalue weighted by Crippen LogP contribution is -2.12. The number of carbonyl (C=O) groups excluding carboxylic acids is 1. The fourth-order valence-corrected chi connectivity index (χ4v) is 2.36. The second kappa shape index (κ2) is 7.39. The second-order valence-corrected chi connectivity index (χ2v) is 6.06. The highest BCUT2D eigenvalue weighted by Crippen LogP contribution is 2.24. The van der Waals surface area contributed by atoms with Crippen molar-refractivity contribution >= 4 is 34.2 Å². The Labute approximate surface area is 151 Å². The SMILES string of the molecule is O=C(Nc1cccc(Oc2ccncc2)c1)c1ccc(I)c(F)c1. The van der Waals surface area contributed by atoms with E-state index < -0.39 is 5.82 Å². The van der Waals surface area contributed by atoms with E-state index >= 15 is 0 Å². The zero-order valence-electron chi connectivity index (χ0n) is 12.4. The summed E-state index contributed by atoms with van der Waals surface area (Å²) >= 11 is 1.88. The number of hydrogen-bond acceptors (Lipinski definition) is 3. The third kappa shape index (κ3) is 4.08. The molecule has 4 nitrogen and oxygen atoms in total. The summed E-state index contributed by atoms with van der Waals surface area (Å²) in [5, 5.41) is 2.73. The standard InChI is InChI=1S/C18H12FIN2O2/c19-16-10-12(4-5-17(16)20)18(23)22-13-2-1-3-15(11-13)24-14-6-8-21-9-7-14/h1-11H,(H,22,23). The number of carbonyl (C=O) groups is 1. The van der Waals surface area contributed by atoms with Gasteiger partial charge in [-0.25, -0.2) is 4.39 Å². The molecule has 0 fully saturated rings. The van der Waals surface area contributed by atoms with Crippen LogP contribution in [0.1, 0.15) is 10.4 Å². The highest BCUT2D eigenvalue weighted by atomic mass is 127. The van der Waals surface area contributed by atoms with Crippen LogP contribution in [0.15, 0.2) is 67.0 Å². The number of benzene rings is 2. The highest BCUT2D eigenvalue weighted by molar-refractivity contribution is 14.1. The summed E-state index contributed by atoms with van der Waals surface area (Å²) in [5.74, 6) is 0.422. The normalized spacial score (nSPS) is 10.2. The summed E-state index contributed by atoms with van der Waals surface area (Å²) in [6.45, 7) is 0. The average molecular weight is 434 g/mol. The average Bonchev–Trinajstić information content (AvgIpc) is 2.58. The third-order valence-corrected chi connectivity index (χ3v) is 4.03. The van der Waals surface area contributed by atoms with Gasteiger partial charge in [0.1, 0.15) is 17.3 Å². The van der Waals surface area contributed by atoms with Gasteiger partial charge in [-0.05, 0) is 65.1 Å². The number of nitrogens with one attached hydrogen (secondary N) is 1. The summed E-state index contributed by atoms with van der Waals surface area (Å²) in [6, 6.07) is 14.8. The van der Waals surface area contributed by atoms with Crippen molar-refractivity contribution in [2.45, 2.75) is 0 Å². The van der Waals surface area contributed by atoms with Crippen molar-refractivity contribution in [2.24, 2.45) is 0 Å². The first kappa shape index (κ1) is 16.4. The van der Waals surface area contributed by atoms with E-state index in [1.54, 1.807) is 60.9 Å². The summed E-state index contributed by atoms with van der Waals surface area (Å²) in [6.07, 6.45) is 3.26. The Morgan fingerprint density at radius 1 is 1.04 bits per heavy atom. The van der Waals surface area contributed by atoms with Gasteiger partial charge in [0.2, 0.25) is 0 Å². The molecular formula is C18H12FIN2O2. The lowest BCUT2D eigenvalue weighted by Gasteiger charge is -2.09. The molecule has 6 heteroatoms. The van der Waals surface area contributed by atoms with Crippen LogP contribution in [0.5, 0.6) is 11.5 Å².